The molecule has 0 aliphatic carbocycles. The zero-order valence-corrected chi connectivity index (χ0v) is 15.8. The molecule has 0 aliphatic heterocycles. The molecule has 0 saturated carbocycles. The van der Waals surface area contributed by atoms with Crippen LogP contribution in [0.15, 0.2) is 53.4 Å². The van der Waals surface area contributed by atoms with E-state index in [-0.39, 0.29) is 17.4 Å². The third-order valence-corrected chi connectivity index (χ3v) is 5.15. The highest BCUT2D eigenvalue weighted by Gasteiger charge is 2.15. The van der Waals surface area contributed by atoms with E-state index in [4.69, 9.17) is 4.74 Å². The van der Waals surface area contributed by atoms with Crippen molar-refractivity contribution in [2.45, 2.75) is 31.7 Å². The predicted octanol–water partition coefficient (Wildman–Crippen LogP) is 2.38. The van der Waals surface area contributed by atoms with E-state index >= 15 is 0 Å². The minimum atomic E-state index is -3.52. The summed E-state index contributed by atoms with van der Waals surface area (Å²) >= 11 is 0. The zero-order valence-electron chi connectivity index (χ0n) is 15.0. The average Bonchev–Trinajstić information content (AvgIpc) is 2.64. The van der Waals surface area contributed by atoms with Crippen molar-refractivity contribution in [3.05, 3.63) is 59.7 Å². The molecule has 0 saturated heterocycles. The van der Waals surface area contributed by atoms with Gasteiger partial charge >= 0.3 is 0 Å². The summed E-state index contributed by atoms with van der Waals surface area (Å²) in [6.07, 6.45) is 0.720. The average molecular weight is 376 g/mol. The van der Waals surface area contributed by atoms with E-state index in [0.717, 1.165) is 12.0 Å². The van der Waals surface area contributed by atoms with Gasteiger partial charge in [-0.1, -0.05) is 37.3 Å². The second-order valence-corrected chi connectivity index (χ2v) is 7.64. The van der Waals surface area contributed by atoms with Gasteiger partial charge in [0, 0.05) is 13.1 Å². The van der Waals surface area contributed by atoms with Crippen LogP contribution < -0.4 is 14.8 Å². The van der Waals surface area contributed by atoms with Crippen LogP contribution in [0.4, 0.5) is 0 Å². The standard InChI is InChI=1S/C19H24N2O4S/c1-3-11-21-26(23,24)17-9-10-18(15(2)12-17)25-14-19(22)20-13-16-7-5-4-6-8-16/h4-10,12,21H,3,11,13-14H2,1-2H3,(H,20,22). The van der Waals surface area contributed by atoms with Crippen LogP contribution in [-0.4, -0.2) is 27.5 Å². The van der Waals surface area contributed by atoms with E-state index in [1.165, 1.54) is 12.1 Å². The lowest BCUT2D eigenvalue weighted by molar-refractivity contribution is -0.123. The van der Waals surface area contributed by atoms with Crippen molar-refractivity contribution in [2.75, 3.05) is 13.2 Å². The third kappa shape index (κ3) is 5.86. The van der Waals surface area contributed by atoms with E-state index in [2.05, 4.69) is 10.0 Å². The van der Waals surface area contributed by atoms with Crippen molar-refractivity contribution in [2.24, 2.45) is 0 Å². The van der Waals surface area contributed by atoms with Crippen molar-refractivity contribution in [1.82, 2.24) is 10.0 Å². The lowest BCUT2D eigenvalue weighted by Crippen LogP contribution is -2.28. The molecule has 26 heavy (non-hydrogen) atoms. The fraction of sp³-hybridized carbons (Fsp3) is 0.316. The van der Waals surface area contributed by atoms with E-state index in [0.29, 0.717) is 24.4 Å². The number of hydrogen-bond acceptors (Lipinski definition) is 4. The highest BCUT2D eigenvalue weighted by molar-refractivity contribution is 7.89. The number of benzene rings is 2. The van der Waals surface area contributed by atoms with Crippen molar-refractivity contribution in [3.63, 3.8) is 0 Å². The van der Waals surface area contributed by atoms with Crippen LogP contribution >= 0.6 is 0 Å². The molecule has 0 fully saturated rings. The Bertz CT molecular complexity index is 836. The summed E-state index contributed by atoms with van der Waals surface area (Å²) in [4.78, 5) is 12.1. The lowest BCUT2D eigenvalue weighted by Gasteiger charge is -2.12. The molecule has 0 heterocycles. The molecular formula is C19H24N2O4S. The number of carbonyl (C=O) groups excluding carboxylic acids is 1. The first-order valence-corrected chi connectivity index (χ1v) is 9.94. The number of hydrogen-bond donors (Lipinski definition) is 2. The molecular weight excluding hydrogens is 352 g/mol. The first-order chi connectivity index (χ1) is 12.4. The van der Waals surface area contributed by atoms with Gasteiger partial charge in [-0.05, 0) is 42.7 Å². The summed E-state index contributed by atoms with van der Waals surface area (Å²) in [6.45, 7) is 4.33. The Morgan fingerprint density at radius 3 is 2.50 bits per heavy atom. The summed E-state index contributed by atoms with van der Waals surface area (Å²) in [5.74, 6) is 0.240. The Morgan fingerprint density at radius 1 is 1.12 bits per heavy atom. The lowest BCUT2D eigenvalue weighted by atomic mass is 10.2. The van der Waals surface area contributed by atoms with Gasteiger partial charge in [0.1, 0.15) is 5.75 Å². The number of rotatable bonds is 9. The van der Waals surface area contributed by atoms with Gasteiger partial charge in [-0.2, -0.15) is 0 Å². The van der Waals surface area contributed by atoms with Gasteiger partial charge in [0.15, 0.2) is 6.61 Å². The number of carbonyl (C=O) groups is 1. The first-order valence-electron chi connectivity index (χ1n) is 8.46. The largest absolute Gasteiger partial charge is 0.484 e. The minimum absolute atomic E-state index is 0.131. The Labute approximate surface area is 154 Å². The molecule has 0 aliphatic rings. The minimum Gasteiger partial charge on any atom is -0.484 e. The van der Waals surface area contributed by atoms with Crippen LogP contribution in [0.1, 0.15) is 24.5 Å². The molecule has 2 aromatic carbocycles. The molecule has 0 unspecified atom stereocenters. The second kappa shape index (κ2) is 9.35. The zero-order chi connectivity index (χ0) is 19.0. The molecule has 7 heteroatoms. The number of nitrogens with one attached hydrogen (secondary N) is 2. The highest BCUT2D eigenvalue weighted by atomic mass is 32.2. The summed E-state index contributed by atoms with van der Waals surface area (Å²) in [7, 11) is -3.52. The molecule has 0 atom stereocenters. The fourth-order valence-electron chi connectivity index (χ4n) is 2.26. The molecule has 2 aromatic rings. The van der Waals surface area contributed by atoms with E-state index in [1.807, 2.05) is 37.3 Å². The topological polar surface area (TPSA) is 84.5 Å². The fourth-order valence-corrected chi connectivity index (χ4v) is 3.48. The quantitative estimate of drug-likeness (QED) is 0.704. The van der Waals surface area contributed by atoms with Crippen molar-refractivity contribution in [1.29, 1.82) is 0 Å². The van der Waals surface area contributed by atoms with E-state index in [1.54, 1.807) is 13.0 Å². The highest BCUT2D eigenvalue weighted by Crippen LogP contribution is 2.21. The number of aryl methyl sites for hydroxylation is 1. The maximum absolute atomic E-state index is 12.1. The van der Waals surface area contributed by atoms with Gasteiger partial charge in [0.05, 0.1) is 4.90 Å². The second-order valence-electron chi connectivity index (χ2n) is 5.88. The first kappa shape index (κ1) is 19.9. The maximum atomic E-state index is 12.1. The SMILES string of the molecule is CCCNS(=O)(=O)c1ccc(OCC(=O)NCc2ccccc2)c(C)c1. The summed E-state index contributed by atoms with van der Waals surface area (Å²) in [5.41, 5.74) is 1.66. The monoisotopic (exact) mass is 376 g/mol. The van der Waals surface area contributed by atoms with E-state index in [9.17, 15) is 13.2 Å². The number of ether oxygens (including phenoxy) is 1. The third-order valence-electron chi connectivity index (χ3n) is 3.69. The molecule has 0 radical (unpaired) electrons. The smallest absolute Gasteiger partial charge is 0.258 e. The summed E-state index contributed by atoms with van der Waals surface area (Å²) in [5, 5.41) is 2.78. The number of amides is 1. The Kier molecular flexibility index (Phi) is 7.17. The van der Waals surface area contributed by atoms with Crippen molar-refractivity contribution < 1.29 is 17.9 Å². The molecule has 1 amide bonds. The van der Waals surface area contributed by atoms with Gasteiger partial charge in [0.25, 0.3) is 5.91 Å². The van der Waals surface area contributed by atoms with Gasteiger partial charge in [0.2, 0.25) is 10.0 Å². The van der Waals surface area contributed by atoms with Crippen LogP contribution in [0.2, 0.25) is 0 Å². The van der Waals surface area contributed by atoms with Gasteiger partial charge in [-0.25, -0.2) is 13.1 Å². The number of sulfonamides is 1. The predicted molar refractivity (Wildman–Crippen MR) is 100 cm³/mol. The van der Waals surface area contributed by atoms with Crippen molar-refractivity contribution in [3.8, 4) is 5.75 Å². The van der Waals surface area contributed by atoms with E-state index < -0.39 is 10.0 Å². The van der Waals surface area contributed by atoms with Crippen LogP contribution in [0.5, 0.6) is 5.75 Å². The molecule has 0 aromatic heterocycles. The van der Waals surface area contributed by atoms with Crippen molar-refractivity contribution >= 4 is 15.9 Å². The summed E-state index contributed by atoms with van der Waals surface area (Å²) in [6, 6.07) is 14.2. The van der Waals surface area contributed by atoms with Crippen LogP contribution in [0.3, 0.4) is 0 Å². The summed E-state index contributed by atoms with van der Waals surface area (Å²) < 4.78 is 32.3. The Morgan fingerprint density at radius 2 is 1.85 bits per heavy atom. The molecule has 140 valence electrons. The van der Waals surface area contributed by atoms with Crippen LogP contribution in [0, 0.1) is 6.92 Å². The molecule has 2 N–H and O–H groups in total. The molecule has 2 rings (SSSR count). The van der Waals surface area contributed by atoms with Gasteiger partial charge < -0.3 is 10.1 Å². The van der Waals surface area contributed by atoms with Gasteiger partial charge in [-0.3, -0.25) is 4.79 Å². The van der Waals surface area contributed by atoms with Crippen LogP contribution in [-0.2, 0) is 21.4 Å². The Hall–Kier alpha value is -2.38. The molecule has 0 bridgehead atoms. The van der Waals surface area contributed by atoms with Crippen LogP contribution in [0.25, 0.3) is 0 Å². The molecule has 6 nitrogen and oxygen atoms in total. The normalized spacial score (nSPS) is 11.2. The maximum Gasteiger partial charge on any atom is 0.258 e. The molecule has 0 spiro atoms. The Balaban J connectivity index is 1.90. The van der Waals surface area contributed by atoms with Gasteiger partial charge in [-0.15, -0.1) is 0 Å².